The van der Waals surface area contributed by atoms with Crippen molar-refractivity contribution in [1.82, 2.24) is 19.9 Å². The number of hydrogen-bond donors (Lipinski definition) is 0. The minimum absolute atomic E-state index is 0.572. The van der Waals surface area contributed by atoms with Gasteiger partial charge in [0, 0.05) is 6.92 Å². The molecule has 0 bridgehead atoms. The Labute approximate surface area is 128 Å². The van der Waals surface area contributed by atoms with Crippen molar-refractivity contribution >= 4 is 35.3 Å². The van der Waals surface area contributed by atoms with E-state index in [4.69, 9.17) is 16.7 Å². The Balaban J connectivity index is 1.77. The Morgan fingerprint density at radius 1 is 1.35 bits per heavy atom. The SMILES string of the molecule is Cc1nc(CSc2nn(-c3ccccc3)c(=S)s2)no1. The van der Waals surface area contributed by atoms with E-state index in [1.807, 2.05) is 30.3 Å². The molecule has 0 N–H and O–H groups in total. The number of benzene rings is 1. The molecule has 102 valence electrons. The third-order valence-electron chi connectivity index (χ3n) is 2.42. The van der Waals surface area contributed by atoms with Crippen LogP contribution in [0.2, 0.25) is 0 Å². The van der Waals surface area contributed by atoms with Crippen molar-refractivity contribution in [1.29, 1.82) is 0 Å². The fourth-order valence-corrected chi connectivity index (χ4v) is 3.78. The molecule has 2 heterocycles. The van der Waals surface area contributed by atoms with E-state index in [0.29, 0.717) is 17.5 Å². The highest BCUT2D eigenvalue weighted by molar-refractivity contribution is 8.00. The van der Waals surface area contributed by atoms with Gasteiger partial charge in [-0.2, -0.15) is 4.98 Å². The maximum absolute atomic E-state index is 5.35. The van der Waals surface area contributed by atoms with Crippen molar-refractivity contribution in [2.45, 2.75) is 17.0 Å². The summed E-state index contributed by atoms with van der Waals surface area (Å²) in [5.41, 5.74) is 0.969. The van der Waals surface area contributed by atoms with E-state index in [1.165, 1.54) is 11.3 Å². The normalized spacial score (nSPS) is 10.8. The average Bonchev–Trinajstić information content (AvgIpc) is 3.03. The van der Waals surface area contributed by atoms with Crippen LogP contribution in [0.3, 0.4) is 0 Å². The van der Waals surface area contributed by atoms with Crippen LogP contribution in [0.5, 0.6) is 0 Å². The van der Waals surface area contributed by atoms with Gasteiger partial charge in [-0.05, 0) is 24.4 Å². The lowest BCUT2D eigenvalue weighted by Gasteiger charge is -1.98. The lowest BCUT2D eigenvalue weighted by atomic mass is 10.3. The Morgan fingerprint density at radius 2 is 2.15 bits per heavy atom. The zero-order valence-corrected chi connectivity index (χ0v) is 13.0. The van der Waals surface area contributed by atoms with Gasteiger partial charge in [-0.1, -0.05) is 46.5 Å². The Morgan fingerprint density at radius 3 is 2.85 bits per heavy atom. The molecule has 0 atom stereocenters. The lowest BCUT2D eigenvalue weighted by Crippen LogP contribution is -1.95. The molecule has 0 unspecified atom stereocenters. The zero-order valence-electron chi connectivity index (χ0n) is 10.5. The molecule has 0 saturated heterocycles. The summed E-state index contributed by atoms with van der Waals surface area (Å²) in [6, 6.07) is 9.85. The molecule has 0 amide bonds. The first-order chi connectivity index (χ1) is 9.72. The molecule has 0 radical (unpaired) electrons. The van der Waals surface area contributed by atoms with Crippen LogP contribution in [0.4, 0.5) is 0 Å². The molecule has 0 fully saturated rings. The maximum atomic E-state index is 5.35. The van der Waals surface area contributed by atoms with Crippen LogP contribution in [-0.2, 0) is 5.75 Å². The topological polar surface area (TPSA) is 56.7 Å². The van der Waals surface area contributed by atoms with E-state index in [2.05, 4.69) is 15.2 Å². The largest absolute Gasteiger partial charge is 0.340 e. The number of para-hydroxylation sites is 1. The van der Waals surface area contributed by atoms with E-state index in [0.717, 1.165) is 14.0 Å². The maximum Gasteiger partial charge on any atom is 0.223 e. The van der Waals surface area contributed by atoms with Crippen LogP contribution in [0.1, 0.15) is 11.7 Å². The highest BCUT2D eigenvalue weighted by atomic mass is 32.2. The zero-order chi connectivity index (χ0) is 13.9. The minimum Gasteiger partial charge on any atom is -0.340 e. The monoisotopic (exact) mass is 322 g/mol. The van der Waals surface area contributed by atoms with Gasteiger partial charge in [-0.15, -0.1) is 5.10 Å². The summed E-state index contributed by atoms with van der Waals surface area (Å²) in [6.45, 7) is 1.77. The van der Waals surface area contributed by atoms with Crippen LogP contribution in [0.25, 0.3) is 5.69 Å². The van der Waals surface area contributed by atoms with E-state index in [1.54, 1.807) is 23.4 Å². The molecule has 2 aromatic heterocycles. The van der Waals surface area contributed by atoms with Crippen molar-refractivity contribution in [3.8, 4) is 5.69 Å². The van der Waals surface area contributed by atoms with Crippen molar-refractivity contribution < 1.29 is 4.52 Å². The summed E-state index contributed by atoms with van der Waals surface area (Å²) >= 11 is 8.38. The number of nitrogens with zero attached hydrogens (tertiary/aromatic N) is 4. The lowest BCUT2D eigenvalue weighted by molar-refractivity contribution is 0.389. The fourth-order valence-electron chi connectivity index (χ4n) is 1.58. The summed E-state index contributed by atoms with van der Waals surface area (Å²) in [5.74, 6) is 1.86. The first-order valence-electron chi connectivity index (χ1n) is 5.80. The molecular weight excluding hydrogens is 312 g/mol. The second-order valence-corrected chi connectivity index (χ2v) is 6.74. The first-order valence-corrected chi connectivity index (χ1v) is 8.01. The molecule has 0 saturated carbocycles. The van der Waals surface area contributed by atoms with Crippen LogP contribution in [0.15, 0.2) is 39.2 Å². The smallest absolute Gasteiger partial charge is 0.223 e. The van der Waals surface area contributed by atoms with Crippen molar-refractivity contribution in [2.24, 2.45) is 0 Å². The molecular formula is C12H10N4OS3. The van der Waals surface area contributed by atoms with E-state index in [-0.39, 0.29) is 0 Å². The van der Waals surface area contributed by atoms with Gasteiger partial charge in [0.2, 0.25) is 5.89 Å². The molecule has 0 aliphatic carbocycles. The van der Waals surface area contributed by atoms with Crippen molar-refractivity contribution in [2.75, 3.05) is 0 Å². The fraction of sp³-hybridized carbons (Fsp3) is 0.167. The number of hydrogen-bond acceptors (Lipinski definition) is 7. The van der Waals surface area contributed by atoms with Crippen molar-refractivity contribution in [3.05, 3.63) is 46.0 Å². The Kier molecular flexibility index (Phi) is 3.95. The molecule has 0 spiro atoms. The first kappa shape index (κ1) is 13.5. The van der Waals surface area contributed by atoms with Gasteiger partial charge in [0.25, 0.3) is 0 Å². The van der Waals surface area contributed by atoms with Crippen LogP contribution in [-0.4, -0.2) is 19.9 Å². The van der Waals surface area contributed by atoms with Gasteiger partial charge in [-0.3, -0.25) is 0 Å². The number of aryl methyl sites for hydroxylation is 1. The van der Waals surface area contributed by atoms with E-state index < -0.39 is 0 Å². The van der Waals surface area contributed by atoms with Gasteiger partial charge in [-0.25, -0.2) is 4.68 Å². The highest BCUT2D eigenvalue weighted by Crippen LogP contribution is 2.26. The minimum atomic E-state index is 0.572. The van der Waals surface area contributed by atoms with Crippen molar-refractivity contribution in [3.63, 3.8) is 0 Å². The molecule has 0 aliphatic heterocycles. The number of thioether (sulfide) groups is 1. The molecule has 8 heteroatoms. The predicted octanol–water partition coefficient (Wildman–Crippen LogP) is 3.65. The Hall–Kier alpha value is -1.51. The predicted molar refractivity (Wildman–Crippen MR) is 80.9 cm³/mol. The number of rotatable bonds is 4. The van der Waals surface area contributed by atoms with Gasteiger partial charge in [0.05, 0.1) is 11.4 Å². The molecule has 3 rings (SSSR count). The summed E-state index contributed by atoms with van der Waals surface area (Å²) in [6.07, 6.45) is 0. The van der Waals surface area contributed by atoms with Crippen LogP contribution >= 0.6 is 35.3 Å². The number of aromatic nitrogens is 4. The second kappa shape index (κ2) is 5.86. The van der Waals surface area contributed by atoms with Crippen LogP contribution < -0.4 is 0 Å². The molecule has 20 heavy (non-hydrogen) atoms. The Bertz CT molecular complexity index is 762. The quantitative estimate of drug-likeness (QED) is 0.540. The average molecular weight is 322 g/mol. The highest BCUT2D eigenvalue weighted by Gasteiger charge is 2.08. The van der Waals surface area contributed by atoms with Crippen LogP contribution in [0, 0.1) is 10.9 Å². The molecule has 1 aromatic carbocycles. The van der Waals surface area contributed by atoms with Gasteiger partial charge < -0.3 is 4.52 Å². The molecule has 5 nitrogen and oxygen atoms in total. The summed E-state index contributed by atoms with van der Waals surface area (Å²) in [5, 5.41) is 8.37. The third-order valence-corrected chi connectivity index (χ3v) is 4.79. The van der Waals surface area contributed by atoms with Gasteiger partial charge >= 0.3 is 0 Å². The summed E-state index contributed by atoms with van der Waals surface area (Å²) in [7, 11) is 0. The molecule has 3 aromatic rings. The summed E-state index contributed by atoms with van der Waals surface area (Å²) < 4.78 is 8.32. The van der Waals surface area contributed by atoms with E-state index in [9.17, 15) is 0 Å². The van der Waals surface area contributed by atoms with Gasteiger partial charge in [0.1, 0.15) is 0 Å². The van der Waals surface area contributed by atoms with E-state index >= 15 is 0 Å². The summed E-state index contributed by atoms with van der Waals surface area (Å²) in [4.78, 5) is 4.16. The third kappa shape index (κ3) is 2.97. The standard InChI is InChI=1S/C12H10N4OS3/c1-8-13-10(15-17-8)7-19-11-14-16(12(18)20-11)9-5-3-2-4-6-9/h2-6H,7H2,1H3. The molecule has 0 aliphatic rings. The second-order valence-electron chi connectivity index (χ2n) is 3.90. The van der Waals surface area contributed by atoms with Gasteiger partial charge in [0.15, 0.2) is 14.1 Å².